The van der Waals surface area contributed by atoms with Crippen molar-refractivity contribution in [2.24, 2.45) is 0 Å². The van der Waals surface area contributed by atoms with E-state index < -0.39 is 17.4 Å². The van der Waals surface area contributed by atoms with E-state index in [1.807, 2.05) is 0 Å². The van der Waals surface area contributed by atoms with E-state index in [0.717, 1.165) is 5.56 Å². The molecule has 0 unspecified atom stereocenters. The van der Waals surface area contributed by atoms with Crippen LogP contribution in [-0.2, 0) is 11.3 Å². The first-order chi connectivity index (χ1) is 17.4. The minimum Gasteiger partial charge on any atom is -0.320 e. The highest BCUT2D eigenvalue weighted by Gasteiger charge is 2.17. The number of nitrogens with one attached hydrogen (secondary N) is 2. The molecule has 1 aromatic carbocycles. The zero-order valence-corrected chi connectivity index (χ0v) is 19.7. The number of hydrogen-bond acceptors (Lipinski definition) is 6. The minimum absolute atomic E-state index is 0.0965. The van der Waals surface area contributed by atoms with Crippen molar-refractivity contribution in [1.82, 2.24) is 19.9 Å². The van der Waals surface area contributed by atoms with Crippen LogP contribution in [0.5, 0.6) is 0 Å². The summed E-state index contributed by atoms with van der Waals surface area (Å²) in [6, 6.07) is 13.3. The number of halogens is 1. The van der Waals surface area contributed by atoms with Gasteiger partial charge in [0, 0.05) is 41.5 Å². The Morgan fingerprint density at radius 3 is 2.39 bits per heavy atom. The third kappa shape index (κ3) is 5.42. The minimum atomic E-state index is -0.490. The molecule has 0 bridgehead atoms. The predicted molar refractivity (Wildman–Crippen MR) is 134 cm³/mol. The van der Waals surface area contributed by atoms with Crippen LogP contribution in [0.2, 0.25) is 0 Å². The molecule has 9 heteroatoms. The summed E-state index contributed by atoms with van der Waals surface area (Å²) in [5.74, 6) is -1.09. The Balaban J connectivity index is 1.73. The normalized spacial score (nSPS) is 11.6. The molecule has 0 saturated heterocycles. The van der Waals surface area contributed by atoms with Gasteiger partial charge in [-0.2, -0.15) is 0 Å². The Bertz CT molecular complexity index is 1450. The first kappa shape index (κ1) is 24.6. The third-order valence-corrected chi connectivity index (χ3v) is 5.74. The fourth-order valence-electron chi connectivity index (χ4n) is 3.63. The van der Waals surface area contributed by atoms with E-state index in [-0.39, 0.29) is 23.9 Å². The smallest absolute Gasteiger partial charge is 0.275 e. The van der Waals surface area contributed by atoms with Crippen molar-refractivity contribution in [2.75, 3.05) is 12.4 Å². The summed E-state index contributed by atoms with van der Waals surface area (Å²) in [6.45, 7) is 1.79. The third-order valence-electron chi connectivity index (χ3n) is 5.74. The van der Waals surface area contributed by atoms with Gasteiger partial charge in [-0.15, -0.1) is 0 Å². The highest BCUT2D eigenvalue weighted by Crippen LogP contribution is 2.20. The molecular weight excluding hydrogens is 461 g/mol. The predicted octanol–water partition coefficient (Wildman–Crippen LogP) is 3.27. The molecule has 2 N–H and O–H groups in total. The fraction of sp³-hybridized carbons (Fsp3) is 0.148. The molecule has 36 heavy (non-hydrogen) atoms. The van der Waals surface area contributed by atoms with Crippen LogP contribution in [0.15, 0.2) is 84.2 Å². The van der Waals surface area contributed by atoms with Gasteiger partial charge in [-0.05, 0) is 74.1 Å². The van der Waals surface area contributed by atoms with Crippen LogP contribution < -0.4 is 16.2 Å². The second kappa shape index (κ2) is 10.8. The van der Waals surface area contributed by atoms with Crippen LogP contribution in [0, 0.1) is 5.82 Å². The Kier molecular flexibility index (Phi) is 7.41. The zero-order chi connectivity index (χ0) is 25.7. The van der Waals surface area contributed by atoms with Crippen molar-refractivity contribution in [1.29, 1.82) is 0 Å². The lowest BCUT2D eigenvalue weighted by atomic mass is 10.0. The summed E-state index contributed by atoms with van der Waals surface area (Å²) in [7, 11) is 1.66. The van der Waals surface area contributed by atoms with E-state index in [1.165, 1.54) is 35.0 Å². The molecule has 1 amide bonds. The van der Waals surface area contributed by atoms with Crippen molar-refractivity contribution in [3.63, 3.8) is 0 Å². The first-order valence-electron chi connectivity index (χ1n) is 11.2. The van der Waals surface area contributed by atoms with E-state index >= 15 is 0 Å². The molecule has 3 aromatic heterocycles. The molecule has 8 nitrogen and oxygen atoms in total. The number of likely N-dealkylation sites (N-methyl/N-ethyl adjacent to an activating group) is 1. The lowest BCUT2D eigenvalue weighted by Gasteiger charge is -2.17. The molecule has 0 aliphatic rings. The fourth-order valence-corrected chi connectivity index (χ4v) is 3.63. The molecule has 1 atom stereocenters. The van der Waals surface area contributed by atoms with Gasteiger partial charge in [0.25, 0.3) is 5.56 Å². The number of carbonyl (C=O) groups excluding carboxylic acids is 2. The van der Waals surface area contributed by atoms with Crippen molar-refractivity contribution < 1.29 is 14.0 Å². The molecule has 182 valence electrons. The number of rotatable bonds is 8. The lowest BCUT2D eigenvalue weighted by molar-refractivity contribution is -0.117. The molecule has 3 heterocycles. The number of pyridine rings is 3. The number of amides is 1. The largest absolute Gasteiger partial charge is 0.320 e. The number of hydrogen-bond donors (Lipinski definition) is 2. The number of benzene rings is 1. The van der Waals surface area contributed by atoms with Crippen LogP contribution >= 0.6 is 0 Å². The van der Waals surface area contributed by atoms with Gasteiger partial charge < -0.3 is 15.2 Å². The summed E-state index contributed by atoms with van der Waals surface area (Å²) in [6.07, 6.45) is 6.24. The SMILES string of the molecule is CN[C@H](C)C(=O)Nc1ccc(-c2ccncc2)n(Cc2cncc(C(=O)c3ccc(F)cc3)c2)c1=O. The number of carbonyl (C=O) groups is 2. The molecule has 4 aromatic rings. The Labute approximate surface area is 206 Å². The summed E-state index contributed by atoms with van der Waals surface area (Å²) < 4.78 is 14.8. The van der Waals surface area contributed by atoms with Crippen molar-refractivity contribution in [2.45, 2.75) is 19.5 Å². The van der Waals surface area contributed by atoms with E-state index in [1.54, 1.807) is 62.9 Å². The highest BCUT2D eigenvalue weighted by molar-refractivity contribution is 6.08. The average molecular weight is 486 g/mol. The molecule has 4 rings (SSSR count). The highest BCUT2D eigenvalue weighted by atomic mass is 19.1. The summed E-state index contributed by atoms with van der Waals surface area (Å²) in [5, 5.41) is 5.51. The number of ketones is 1. The standard InChI is InChI=1S/C27H24FN5O3/c1-17(29-2)26(35)32-23-7-8-24(19-9-11-30-12-10-19)33(27(23)36)16-18-13-21(15-31-14-18)25(34)20-3-5-22(28)6-4-20/h3-15,17,29H,16H2,1-2H3,(H,32,35)/t17-/m1/s1. The Morgan fingerprint density at radius 2 is 1.69 bits per heavy atom. The van der Waals surface area contributed by atoms with Crippen molar-refractivity contribution >= 4 is 17.4 Å². The molecule has 0 radical (unpaired) electrons. The maximum Gasteiger partial charge on any atom is 0.275 e. The van der Waals surface area contributed by atoms with Gasteiger partial charge in [0.05, 0.1) is 18.3 Å². The molecular formula is C27H24FN5O3. The van der Waals surface area contributed by atoms with Crippen molar-refractivity contribution in [3.05, 3.63) is 112 Å². The topological polar surface area (TPSA) is 106 Å². The maximum atomic E-state index is 13.5. The van der Waals surface area contributed by atoms with Crippen LogP contribution in [0.25, 0.3) is 11.3 Å². The second-order valence-electron chi connectivity index (χ2n) is 8.18. The second-order valence-corrected chi connectivity index (χ2v) is 8.18. The Hall–Kier alpha value is -4.50. The summed E-state index contributed by atoms with van der Waals surface area (Å²) >= 11 is 0. The molecule has 0 saturated carbocycles. The first-order valence-corrected chi connectivity index (χ1v) is 11.2. The van der Waals surface area contributed by atoms with Gasteiger partial charge in [-0.1, -0.05) is 0 Å². The Morgan fingerprint density at radius 1 is 0.972 bits per heavy atom. The quantitative estimate of drug-likeness (QED) is 0.371. The van der Waals surface area contributed by atoms with E-state index in [4.69, 9.17) is 0 Å². The van der Waals surface area contributed by atoms with Gasteiger partial charge >= 0.3 is 0 Å². The molecule has 0 aliphatic heterocycles. The van der Waals surface area contributed by atoms with Gasteiger partial charge in [0.2, 0.25) is 5.91 Å². The molecule has 0 spiro atoms. The maximum absolute atomic E-state index is 13.5. The number of anilines is 1. The summed E-state index contributed by atoms with van der Waals surface area (Å²) in [5.41, 5.74) is 2.33. The zero-order valence-electron chi connectivity index (χ0n) is 19.7. The van der Waals surface area contributed by atoms with Crippen LogP contribution in [0.3, 0.4) is 0 Å². The average Bonchev–Trinajstić information content (AvgIpc) is 2.91. The van der Waals surface area contributed by atoms with Gasteiger partial charge in [0.15, 0.2) is 5.78 Å². The monoisotopic (exact) mass is 485 g/mol. The van der Waals surface area contributed by atoms with Gasteiger partial charge in [-0.25, -0.2) is 4.39 Å². The van der Waals surface area contributed by atoms with Crippen molar-refractivity contribution in [3.8, 4) is 11.3 Å². The van der Waals surface area contributed by atoms with E-state index in [9.17, 15) is 18.8 Å². The van der Waals surface area contributed by atoms with Crippen LogP contribution in [0.4, 0.5) is 10.1 Å². The number of nitrogens with zero attached hydrogens (tertiary/aromatic N) is 3. The summed E-state index contributed by atoms with van der Waals surface area (Å²) in [4.78, 5) is 47.0. The van der Waals surface area contributed by atoms with Gasteiger partial charge in [-0.3, -0.25) is 24.4 Å². The van der Waals surface area contributed by atoms with Gasteiger partial charge in [0.1, 0.15) is 11.5 Å². The van der Waals surface area contributed by atoms with E-state index in [2.05, 4.69) is 20.6 Å². The lowest BCUT2D eigenvalue weighted by Crippen LogP contribution is -2.37. The number of aromatic nitrogens is 3. The van der Waals surface area contributed by atoms with Crippen LogP contribution in [-0.4, -0.2) is 39.3 Å². The molecule has 0 aliphatic carbocycles. The van der Waals surface area contributed by atoms with E-state index in [0.29, 0.717) is 22.4 Å². The molecule has 0 fully saturated rings. The van der Waals surface area contributed by atoms with Crippen LogP contribution in [0.1, 0.15) is 28.4 Å².